The average molecular weight is 427 g/mol. The van der Waals surface area contributed by atoms with E-state index in [0.29, 0.717) is 6.61 Å². The number of nitrogens with zero attached hydrogens (tertiary/aromatic N) is 3. The van der Waals surface area contributed by atoms with Crippen LogP contribution in [0, 0.1) is 3.70 Å². The molecule has 4 nitrogen and oxygen atoms in total. The van der Waals surface area contributed by atoms with Gasteiger partial charge in [-0.3, -0.25) is 9.38 Å². The fraction of sp³-hybridized carbons (Fsp3) is 0.0526. The molecule has 0 aliphatic rings. The van der Waals surface area contributed by atoms with E-state index in [4.69, 9.17) is 4.74 Å². The van der Waals surface area contributed by atoms with Crippen molar-refractivity contribution in [1.82, 2.24) is 14.4 Å². The zero-order chi connectivity index (χ0) is 16.4. The Morgan fingerprint density at radius 2 is 1.83 bits per heavy atom. The molecule has 4 rings (SSSR count). The molecule has 0 saturated heterocycles. The summed E-state index contributed by atoms with van der Waals surface area (Å²) in [6.45, 7) is 0.552. The fourth-order valence-electron chi connectivity index (χ4n) is 2.49. The van der Waals surface area contributed by atoms with Crippen LogP contribution in [-0.2, 0) is 6.61 Å². The molecule has 0 bridgehead atoms. The standard InChI is InChI=1S/C19H14IN3O/c20-18-10-22-19-11-21-17(12-23(18)19)15-7-4-8-16(9-15)24-13-14-5-2-1-3-6-14/h1-12H,13H2. The maximum Gasteiger partial charge on any atom is 0.156 e. The largest absolute Gasteiger partial charge is 0.489 e. The summed E-state index contributed by atoms with van der Waals surface area (Å²) in [7, 11) is 0. The third kappa shape index (κ3) is 3.12. The normalized spacial score (nSPS) is 10.9. The quantitative estimate of drug-likeness (QED) is 0.448. The van der Waals surface area contributed by atoms with Gasteiger partial charge in [-0.25, -0.2) is 4.98 Å². The molecule has 0 saturated carbocycles. The Kier molecular flexibility index (Phi) is 4.17. The SMILES string of the molecule is Ic1cnc2cnc(-c3cccc(OCc4ccccc4)c3)cn12. The van der Waals surface area contributed by atoms with Crippen LogP contribution in [0.4, 0.5) is 0 Å². The predicted molar refractivity (Wildman–Crippen MR) is 102 cm³/mol. The minimum atomic E-state index is 0.552. The summed E-state index contributed by atoms with van der Waals surface area (Å²) in [5, 5.41) is 0. The van der Waals surface area contributed by atoms with Crippen LogP contribution in [0.3, 0.4) is 0 Å². The van der Waals surface area contributed by atoms with Gasteiger partial charge in [-0.1, -0.05) is 42.5 Å². The second kappa shape index (κ2) is 6.60. The second-order valence-corrected chi connectivity index (χ2v) is 6.49. The Morgan fingerprint density at radius 1 is 0.958 bits per heavy atom. The van der Waals surface area contributed by atoms with Gasteiger partial charge in [-0.2, -0.15) is 0 Å². The molecule has 0 fully saturated rings. The van der Waals surface area contributed by atoms with Crippen LogP contribution in [0.5, 0.6) is 5.75 Å². The number of benzene rings is 2. The molecule has 2 aromatic heterocycles. The zero-order valence-corrected chi connectivity index (χ0v) is 14.9. The minimum Gasteiger partial charge on any atom is -0.489 e. The smallest absolute Gasteiger partial charge is 0.156 e. The lowest BCUT2D eigenvalue weighted by Gasteiger charge is -2.08. The molecule has 5 heteroatoms. The topological polar surface area (TPSA) is 39.4 Å². The van der Waals surface area contributed by atoms with E-state index in [-0.39, 0.29) is 0 Å². The van der Waals surface area contributed by atoms with Gasteiger partial charge in [-0.15, -0.1) is 0 Å². The summed E-state index contributed by atoms with van der Waals surface area (Å²) in [6.07, 6.45) is 5.62. The molecule has 0 N–H and O–H groups in total. The summed E-state index contributed by atoms with van der Waals surface area (Å²) < 4.78 is 8.99. The Morgan fingerprint density at radius 3 is 2.71 bits per heavy atom. The maximum atomic E-state index is 5.90. The second-order valence-electron chi connectivity index (χ2n) is 5.38. The van der Waals surface area contributed by atoms with Gasteiger partial charge in [0.15, 0.2) is 5.65 Å². The number of rotatable bonds is 4. The summed E-state index contributed by atoms with van der Waals surface area (Å²) in [6, 6.07) is 18.1. The molecule has 0 amide bonds. The molecular formula is C19H14IN3O. The highest BCUT2D eigenvalue weighted by Crippen LogP contribution is 2.23. The van der Waals surface area contributed by atoms with Crippen molar-refractivity contribution in [1.29, 1.82) is 0 Å². The summed E-state index contributed by atoms with van der Waals surface area (Å²) in [5.74, 6) is 0.832. The fourth-order valence-corrected chi connectivity index (χ4v) is 3.02. The molecule has 0 radical (unpaired) electrons. The van der Waals surface area contributed by atoms with Crippen LogP contribution < -0.4 is 4.74 Å². The number of halogens is 1. The van der Waals surface area contributed by atoms with Crippen molar-refractivity contribution in [3.63, 3.8) is 0 Å². The first-order valence-corrected chi connectivity index (χ1v) is 8.63. The number of aromatic nitrogens is 3. The van der Waals surface area contributed by atoms with Gasteiger partial charge >= 0.3 is 0 Å². The van der Waals surface area contributed by atoms with Crippen LogP contribution in [0.1, 0.15) is 5.56 Å². The van der Waals surface area contributed by atoms with E-state index in [1.165, 1.54) is 0 Å². The number of imidazole rings is 1. The molecule has 0 aliphatic carbocycles. The Labute approximate surface area is 153 Å². The highest BCUT2D eigenvalue weighted by molar-refractivity contribution is 14.1. The van der Waals surface area contributed by atoms with Gasteiger partial charge in [0, 0.05) is 11.8 Å². The molecule has 4 aromatic rings. The van der Waals surface area contributed by atoms with Crippen molar-refractivity contribution in [2.45, 2.75) is 6.61 Å². The van der Waals surface area contributed by atoms with Gasteiger partial charge in [0.2, 0.25) is 0 Å². The van der Waals surface area contributed by atoms with Crippen molar-refractivity contribution in [3.05, 3.63) is 82.5 Å². The van der Waals surface area contributed by atoms with Gasteiger partial charge in [-0.05, 0) is 40.3 Å². The van der Waals surface area contributed by atoms with Crippen molar-refractivity contribution in [2.24, 2.45) is 0 Å². The van der Waals surface area contributed by atoms with Gasteiger partial charge < -0.3 is 4.74 Å². The lowest BCUT2D eigenvalue weighted by atomic mass is 10.1. The highest BCUT2D eigenvalue weighted by Gasteiger charge is 2.06. The lowest BCUT2D eigenvalue weighted by molar-refractivity contribution is 0.306. The van der Waals surface area contributed by atoms with Crippen LogP contribution >= 0.6 is 22.6 Å². The van der Waals surface area contributed by atoms with E-state index < -0.39 is 0 Å². The third-order valence-corrected chi connectivity index (χ3v) is 4.53. The van der Waals surface area contributed by atoms with E-state index in [1.807, 2.05) is 59.3 Å². The van der Waals surface area contributed by atoms with E-state index in [9.17, 15) is 0 Å². The molecule has 118 valence electrons. The van der Waals surface area contributed by atoms with Crippen molar-refractivity contribution in [2.75, 3.05) is 0 Å². The highest BCUT2D eigenvalue weighted by atomic mass is 127. The van der Waals surface area contributed by atoms with Crippen LogP contribution in [0.2, 0.25) is 0 Å². The Hall–Kier alpha value is -2.41. The van der Waals surface area contributed by atoms with Gasteiger partial charge in [0.25, 0.3) is 0 Å². The maximum absolute atomic E-state index is 5.90. The number of hydrogen-bond acceptors (Lipinski definition) is 3. The molecule has 0 atom stereocenters. The molecular weight excluding hydrogens is 413 g/mol. The number of hydrogen-bond donors (Lipinski definition) is 0. The van der Waals surface area contributed by atoms with Crippen LogP contribution in [0.25, 0.3) is 16.9 Å². The Balaban J connectivity index is 1.60. The molecule has 2 heterocycles. The Bertz CT molecular complexity index is 982. The summed E-state index contributed by atoms with van der Waals surface area (Å²) >= 11 is 2.26. The lowest BCUT2D eigenvalue weighted by Crippen LogP contribution is -1.96. The monoisotopic (exact) mass is 427 g/mol. The summed E-state index contributed by atoms with van der Waals surface area (Å²) in [5.41, 5.74) is 3.91. The molecule has 0 spiro atoms. The van der Waals surface area contributed by atoms with Crippen molar-refractivity contribution < 1.29 is 4.74 Å². The number of fused-ring (bicyclic) bond motifs is 1. The molecule has 24 heavy (non-hydrogen) atoms. The first-order valence-electron chi connectivity index (χ1n) is 7.55. The van der Waals surface area contributed by atoms with E-state index in [1.54, 1.807) is 6.20 Å². The summed E-state index contributed by atoms with van der Waals surface area (Å²) in [4.78, 5) is 8.81. The molecule has 0 aliphatic heterocycles. The van der Waals surface area contributed by atoms with Crippen molar-refractivity contribution in [3.8, 4) is 17.0 Å². The van der Waals surface area contributed by atoms with Crippen LogP contribution in [-0.4, -0.2) is 14.4 Å². The molecule has 0 unspecified atom stereocenters. The minimum absolute atomic E-state index is 0.552. The van der Waals surface area contributed by atoms with Gasteiger partial charge in [0.1, 0.15) is 16.1 Å². The van der Waals surface area contributed by atoms with Gasteiger partial charge in [0.05, 0.1) is 18.1 Å². The van der Waals surface area contributed by atoms with Crippen molar-refractivity contribution >= 4 is 28.2 Å². The van der Waals surface area contributed by atoms with E-state index in [0.717, 1.165) is 31.9 Å². The van der Waals surface area contributed by atoms with Crippen LogP contribution in [0.15, 0.2) is 73.2 Å². The average Bonchev–Trinajstić information content (AvgIpc) is 3.02. The molecule has 2 aromatic carbocycles. The third-order valence-electron chi connectivity index (χ3n) is 3.73. The van der Waals surface area contributed by atoms with E-state index >= 15 is 0 Å². The van der Waals surface area contributed by atoms with E-state index in [2.05, 4.69) is 44.7 Å². The first-order chi connectivity index (χ1) is 11.8. The first kappa shape index (κ1) is 15.1. The number of ether oxygens (including phenoxy) is 1. The zero-order valence-electron chi connectivity index (χ0n) is 12.8. The predicted octanol–water partition coefficient (Wildman–Crippen LogP) is 4.58.